The number of likely N-dealkylation sites (tertiary alicyclic amines) is 1. The molecule has 1 heterocycles. The van der Waals surface area contributed by atoms with Crippen molar-refractivity contribution in [3.8, 4) is 5.75 Å². The number of carbonyl (C=O) groups excluding carboxylic acids is 2. The molecule has 5 nitrogen and oxygen atoms in total. The second kappa shape index (κ2) is 11.0. The molecule has 0 aliphatic carbocycles. The number of carbonyl (C=O) groups is 2. The largest absolute Gasteiger partial charge is 0.481 e. The Labute approximate surface area is 185 Å². The van der Waals surface area contributed by atoms with E-state index < -0.39 is 6.10 Å². The quantitative estimate of drug-likeness (QED) is 0.630. The van der Waals surface area contributed by atoms with Gasteiger partial charge >= 0.3 is 0 Å². The Hall–Kier alpha value is -2.82. The van der Waals surface area contributed by atoms with Gasteiger partial charge in [-0.3, -0.25) is 9.59 Å². The number of nitrogens with one attached hydrogen (secondary N) is 1. The fourth-order valence-corrected chi connectivity index (χ4v) is 3.89. The maximum absolute atomic E-state index is 12.9. The van der Waals surface area contributed by atoms with Crippen LogP contribution in [0.2, 0.25) is 0 Å². The zero-order valence-corrected chi connectivity index (χ0v) is 18.9. The first kappa shape index (κ1) is 22.9. The van der Waals surface area contributed by atoms with Gasteiger partial charge in [0, 0.05) is 24.3 Å². The molecule has 0 saturated carbocycles. The van der Waals surface area contributed by atoms with Crippen molar-refractivity contribution in [3.05, 3.63) is 59.7 Å². The van der Waals surface area contributed by atoms with Crippen molar-refractivity contribution >= 4 is 17.5 Å². The number of para-hydroxylation sites is 1. The zero-order chi connectivity index (χ0) is 22.2. The Morgan fingerprint density at radius 1 is 1.00 bits per heavy atom. The third kappa shape index (κ3) is 6.09. The first-order valence-corrected chi connectivity index (χ1v) is 11.5. The van der Waals surface area contributed by atoms with E-state index in [0.717, 1.165) is 43.7 Å². The molecule has 5 heteroatoms. The molecular weight excluding hydrogens is 388 g/mol. The third-order valence-electron chi connectivity index (χ3n) is 6.01. The first-order valence-electron chi connectivity index (χ1n) is 11.5. The van der Waals surface area contributed by atoms with Gasteiger partial charge in [0.15, 0.2) is 6.10 Å². The molecule has 3 rings (SSSR count). The van der Waals surface area contributed by atoms with Crippen LogP contribution in [0.15, 0.2) is 48.5 Å². The standard InChI is InChI=1S/C26H34N2O3/c1-4-19(2)23-14-7-8-15-24(23)31-20(3)25(29)27-22-13-11-12-21(18-22)26(30)28-16-9-5-6-10-17-28/h7-8,11-15,18-20H,4-6,9-10,16-17H2,1-3H3,(H,27,29). The van der Waals surface area contributed by atoms with Gasteiger partial charge in [-0.05, 0) is 61.9 Å². The predicted octanol–water partition coefficient (Wildman–Crippen LogP) is 5.62. The Kier molecular flexibility index (Phi) is 8.10. The highest BCUT2D eigenvalue weighted by Gasteiger charge is 2.20. The zero-order valence-electron chi connectivity index (χ0n) is 18.9. The number of benzene rings is 2. The van der Waals surface area contributed by atoms with Crippen LogP contribution in [-0.2, 0) is 4.79 Å². The highest BCUT2D eigenvalue weighted by atomic mass is 16.5. The number of rotatable bonds is 7. The lowest BCUT2D eigenvalue weighted by Gasteiger charge is -2.21. The molecule has 0 spiro atoms. The monoisotopic (exact) mass is 422 g/mol. The molecule has 1 N–H and O–H groups in total. The molecule has 2 aromatic rings. The van der Waals surface area contributed by atoms with E-state index in [2.05, 4.69) is 19.2 Å². The lowest BCUT2D eigenvalue weighted by atomic mass is 9.98. The van der Waals surface area contributed by atoms with Crippen LogP contribution in [0.25, 0.3) is 0 Å². The summed E-state index contributed by atoms with van der Waals surface area (Å²) in [6, 6.07) is 15.0. The van der Waals surface area contributed by atoms with Gasteiger partial charge in [-0.15, -0.1) is 0 Å². The summed E-state index contributed by atoms with van der Waals surface area (Å²) < 4.78 is 6.00. The Morgan fingerprint density at radius 2 is 1.71 bits per heavy atom. The maximum atomic E-state index is 12.9. The van der Waals surface area contributed by atoms with Crippen LogP contribution in [0.5, 0.6) is 5.75 Å². The molecule has 1 saturated heterocycles. The molecule has 0 radical (unpaired) electrons. The molecule has 1 aliphatic heterocycles. The van der Waals surface area contributed by atoms with Gasteiger partial charge in [0.2, 0.25) is 0 Å². The number of hydrogen-bond acceptors (Lipinski definition) is 3. The van der Waals surface area contributed by atoms with Gasteiger partial charge in [0.25, 0.3) is 11.8 Å². The van der Waals surface area contributed by atoms with Gasteiger partial charge < -0.3 is 15.0 Å². The van der Waals surface area contributed by atoms with Crippen LogP contribution in [0.1, 0.15) is 74.7 Å². The summed E-state index contributed by atoms with van der Waals surface area (Å²) in [6.45, 7) is 7.64. The number of hydrogen-bond donors (Lipinski definition) is 1. The van der Waals surface area contributed by atoms with Crippen LogP contribution >= 0.6 is 0 Å². The van der Waals surface area contributed by atoms with Crippen LogP contribution < -0.4 is 10.1 Å². The van der Waals surface area contributed by atoms with E-state index in [-0.39, 0.29) is 11.8 Å². The molecular formula is C26H34N2O3. The molecule has 0 aromatic heterocycles. The van der Waals surface area contributed by atoms with E-state index in [9.17, 15) is 9.59 Å². The normalized spacial score (nSPS) is 16.2. The summed E-state index contributed by atoms with van der Waals surface area (Å²) in [5.74, 6) is 0.890. The Morgan fingerprint density at radius 3 is 2.42 bits per heavy atom. The molecule has 31 heavy (non-hydrogen) atoms. The summed E-state index contributed by atoms with van der Waals surface area (Å²) >= 11 is 0. The van der Waals surface area contributed by atoms with Gasteiger partial charge in [-0.25, -0.2) is 0 Å². The molecule has 0 bridgehead atoms. The van der Waals surface area contributed by atoms with E-state index in [4.69, 9.17) is 4.74 Å². The number of amides is 2. The highest BCUT2D eigenvalue weighted by molar-refractivity contribution is 5.98. The summed E-state index contributed by atoms with van der Waals surface area (Å²) in [5, 5.41) is 2.90. The minimum absolute atomic E-state index is 0.0322. The first-order chi connectivity index (χ1) is 15.0. The summed E-state index contributed by atoms with van der Waals surface area (Å²) in [7, 11) is 0. The topological polar surface area (TPSA) is 58.6 Å². The minimum atomic E-state index is -0.657. The minimum Gasteiger partial charge on any atom is -0.481 e. The molecule has 1 fully saturated rings. The Balaban J connectivity index is 1.65. The van der Waals surface area contributed by atoms with Crippen molar-refractivity contribution < 1.29 is 14.3 Å². The second-order valence-electron chi connectivity index (χ2n) is 8.38. The van der Waals surface area contributed by atoms with E-state index in [1.807, 2.05) is 41.3 Å². The second-order valence-corrected chi connectivity index (χ2v) is 8.38. The smallest absolute Gasteiger partial charge is 0.265 e. The predicted molar refractivity (Wildman–Crippen MR) is 125 cm³/mol. The van der Waals surface area contributed by atoms with E-state index in [1.165, 1.54) is 12.8 Å². The van der Waals surface area contributed by atoms with Crippen molar-refractivity contribution in [1.82, 2.24) is 4.90 Å². The lowest BCUT2D eigenvalue weighted by Crippen LogP contribution is -2.32. The van der Waals surface area contributed by atoms with Crippen LogP contribution in [0.3, 0.4) is 0 Å². The Bertz CT molecular complexity index is 888. The van der Waals surface area contributed by atoms with Gasteiger partial charge in [0.1, 0.15) is 5.75 Å². The third-order valence-corrected chi connectivity index (χ3v) is 6.01. The van der Waals surface area contributed by atoms with Gasteiger partial charge in [0.05, 0.1) is 0 Å². The number of nitrogens with zero attached hydrogens (tertiary/aromatic N) is 1. The molecule has 2 unspecified atom stereocenters. The van der Waals surface area contributed by atoms with E-state index in [1.54, 1.807) is 19.1 Å². The van der Waals surface area contributed by atoms with Gasteiger partial charge in [-0.2, -0.15) is 0 Å². The fraction of sp³-hybridized carbons (Fsp3) is 0.462. The molecule has 166 valence electrons. The average molecular weight is 423 g/mol. The van der Waals surface area contributed by atoms with Crippen molar-refractivity contribution in [1.29, 1.82) is 0 Å². The fourth-order valence-electron chi connectivity index (χ4n) is 3.89. The van der Waals surface area contributed by atoms with Crippen molar-refractivity contribution in [2.45, 2.75) is 64.9 Å². The maximum Gasteiger partial charge on any atom is 0.265 e. The average Bonchev–Trinajstić information content (AvgIpc) is 3.08. The molecule has 2 aromatic carbocycles. The van der Waals surface area contributed by atoms with Crippen molar-refractivity contribution in [2.75, 3.05) is 18.4 Å². The van der Waals surface area contributed by atoms with Crippen molar-refractivity contribution in [2.24, 2.45) is 0 Å². The number of anilines is 1. The van der Waals surface area contributed by atoms with E-state index >= 15 is 0 Å². The SMILES string of the molecule is CCC(C)c1ccccc1OC(C)C(=O)Nc1cccc(C(=O)N2CCCCCC2)c1. The molecule has 1 aliphatic rings. The molecule has 2 amide bonds. The molecule has 2 atom stereocenters. The van der Waals surface area contributed by atoms with Crippen LogP contribution in [-0.4, -0.2) is 35.9 Å². The van der Waals surface area contributed by atoms with Crippen LogP contribution in [0.4, 0.5) is 5.69 Å². The van der Waals surface area contributed by atoms with Crippen LogP contribution in [0, 0.1) is 0 Å². The number of ether oxygens (including phenoxy) is 1. The van der Waals surface area contributed by atoms with Crippen molar-refractivity contribution in [3.63, 3.8) is 0 Å². The lowest BCUT2D eigenvalue weighted by molar-refractivity contribution is -0.122. The summed E-state index contributed by atoms with van der Waals surface area (Å²) in [4.78, 5) is 27.6. The van der Waals surface area contributed by atoms with Gasteiger partial charge in [-0.1, -0.05) is 51.0 Å². The van der Waals surface area contributed by atoms with E-state index in [0.29, 0.717) is 17.2 Å². The summed E-state index contributed by atoms with van der Waals surface area (Å²) in [5.41, 5.74) is 2.32. The summed E-state index contributed by atoms with van der Waals surface area (Å²) in [6.07, 6.45) is 4.80. The highest BCUT2D eigenvalue weighted by Crippen LogP contribution is 2.29.